The molecule has 2 rings (SSSR count). The van der Waals surface area contributed by atoms with Crippen LogP contribution < -0.4 is 11.0 Å². The zero-order valence-corrected chi connectivity index (χ0v) is 7.92. The molecule has 0 aliphatic rings. The predicted octanol–water partition coefficient (Wildman–Crippen LogP) is -0.0132. The number of carbonyl (C=O) groups excluding carboxylic acids is 1. The van der Waals surface area contributed by atoms with Gasteiger partial charge in [0.05, 0.1) is 6.20 Å². The van der Waals surface area contributed by atoms with E-state index >= 15 is 0 Å². The fraction of sp³-hybridized carbons (Fsp3) is 0.125. The van der Waals surface area contributed by atoms with E-state index in [1.807, 2.05) is 0 Å². The number of aromatic nitrogens is 4. The first kappa shape index (κ1) is 9.25. The first-order chi connectivity index (χ1) is 7.16. The third-order valence-electron chi connectivity index (χ3n) is 1.91. The van der Waals surface area contributed by atoms with Gasteiger partial charge in [-0.2, -0.15) is 5.10 Å². The maximum absolute atomic E-state index is 11.5. The monoisotopic (exact) mass is 207 g/mol. The molecule has 7 nitrogen and oxygen atoms in total. The molecule has 0 aromatic carbocycles. The molecule has 1 amide bonds. The van der Waals surface area contributed by atoms with Crippen LogP contribution in [0.4, 0.5) is 5.82 Å². The van der Waals surface area contributed by atoms with Crippen molar-refractivity contribution in [3.8, 4) is 0 Å². The molecule has 0 atom stereocenters. The third-order valence-corrected chi connectivity index (χ3v) is 1.91. The van der Waals surface area contributed by atoms with E-state index in [0.717, 1.165) is 5.56 Å². The van der Waals surface area contributed by atoms with Gasteiger partial charge in [-0.15, -0.1) is 0 Å². The lowest BCUT2D eigenvalue weighted by Crippen LogP contribution is -2.14. The molecule has 0 aliphatic heterocycles. The summed E-state index contributed by atoms with van der Waals surface area (Å²) in [5.74, 6) is 0.114. The van der Waals surface area contributed by atoms with Crippen molar-refractivity contribution >= 4 is 11.7 Å². The molecule has 0 aliphatic carbocycles. The Kier molecular flexibility index (Phi) is 2.13. The number of hydrogen-bond acceptors (Lipinski definition) is 3. The maximum Gasteiger partial charge on any atom is 0.323 e. The van der Waals surface area contributed by atoms with Crippen molar-refractivity contribution in [1.82, 2.24) is 20.2 Å². The fourth-order valence-corrected chi connectivity index (χ4v) is 1.11. The number of imidazole rings is 1. The molecule has 2 heterocycles. The largest absolute Gasteiger partial charge is 0.323 e. The summed E-state index contributed by atoms with van der Waals surface area (Å²) in [4.78, 5) is 27.0. The summed E-state index contributed by atoms with van der Waals surface area (Å²) in [6.07, 6.45) is 2.90. The maximum atomic E-state index is 11.5. The smallest absolute Gasteiger partial charge is 0.312 e. The molecule has 2 aromatic heterocycles. The van der Waals surface area contributed by atoms with Gasteiger partial charge in [0.2, 0.25) is 0 Å². The normalized spacial score (nSPS) is 10.2. The molecular weight excluding hydrogens is 198 g/mol. The second kappa shape index (κ2) is 3.45. The van der Waals surface area contributed by atoms with E-state index in [9.17, 15) is 9.59 Å². The van der Waals surface area contributed by atoms with E-state index in [0.29, 0.717) is 5.82 Å². The van der Waals surface area contributed by atoms with Crippen molar-refractivity contribution in [3.05, 3.63) is 34.1 Å². The summed E-state index contributed by atoms with van der Waals surface area (Å²) < 4.78 is 0. The number of H-pyrrole nitrogens is 3. The van der Waals surface area contributed by atoms with E-state index in [-0.39, 0.29) is 5.69 Å². The van der Waals surface area contributed by atoms with Gasteiger partial charge in [-0.25, -0.2) is 4.79 Å². The molecule has 0 saturated carbocycles. The topological polar surface area (TPSA) is 106 Å². The van der Waals surface area contributed by atoms with Crippen LogP contribution in [-0.2, 0) is 0 Å². The summed E-state index contributed by atoms with van der Waals surface area (Å²) in [7, 11) is 0. The van der Waals surface area contributed by atoms with Gasteiger partial charge in [0.15, 0.2) is 0 Å². The van der Waals surface area contributed by atoms with Gasteiger partial charge >= 0.3 is 5.69 Å². The Labute approximate surface area is 83.9 Å². The molecule has 0 spiro atoms. The number of carbonyl (C=O) groups is 1. The summed E-state index contributed by atoms with van der Waals surface area (Å²) in [5, 5.41) is 8.96. The van der Waals surface area contributed by atoms with Gasteiger partial charge in [-0.1, -0.05) is 0 Å². The minimum absolute atomic E-state index is 0.175. The molecule has 0 fully saturated rings. The van der Waals surface area contributed by atoms with Crippen LogP contribution in [0.1, 0.15) is 16.1 Å². The first-order valence-electron chi connectivity index (χ1n) is 4.26. The van der Waals surface area contributed by atoms with E-state index in [2.05, 4.69) is 25.5 Å². The Morgan fingerprint density at radius 3 is 2.87 bits per heavy atom. The molecule has 4 N–H and O–H groups in total. The van der Waals surface area contributed by atoms with Crippen molar-refractivity contribution in [2.24, 2.45) is 0 Å². The van der Waals surface area contributed by atoms with Crippen LogP contribution in [0.15, 0.2) is 17.2 Å². The predicted molar refractivity (Wildman–Crippen MR) is 52.7 cm³/mol. The zero-order valence-electron chi connectivity index (χ0n) is 7.92. The van der Waals surface area contributed by atoms with Crippen molar-refractivity contribution in [3.63, 3.8) is 0 Å². The molecular formula is C8H9N5O2. The van der Waals surface area contributed by atoms with Crippen LogP contribution in [0.3, 0.4) is 0 Å². The Bertz CT molecular complexity index is 535. The Morgan fingerprint density at radius 1 is 1.53 bits per heavy atom. The number of aromatic amines is 3. The van der Waals surface area contributed by atoms with Crippen molar-refractivity contribution in [1.29, 1.82) is 0 Å². The van der Waals surface area contributed by atoms with Gasteiger partial charge < -0.3 is 15.3 Å². The van der Waals surface area contributed by atoms with E-state index < -0.39 is 11.6 Å². The van der Waals surface area contributed by atoms with Crippen LogP contribution in [0, 0.1) is 6.92 Å². The number of amides is 1. The van der Waals surface area contributed by atoms with Crippen molar-refractivity contribution < 1.29 is 4.79 Å². The lowest BCUT2D eigenvalue weighted by Gasteiger charge is -2.00. The van der Waals surface area contributed by atoms with Crippen molar-refractivity contribution in [2.45, 2.75) is 6.92 Å². The summed E-state index contributed by atoms with van der Waals surface area (Å²) in [5.41, 5.74) is 0.580. The van der Waals surface area contributed by atoms with Gasteiger partial charge in [-0.3, -0.25) is 9.89 Å². The highest BCUT2D eigenvalue weighted by molar-refractivity contribution is 6.02. The third kappa shape index (κ3) is 1.80. The first-order valence-corrected chi connectivity index (χ1v) is 4.26. The van der Waals surface area contributed by atoms with E-state index in [4.69, 9.17) is 0 Å². The minimum Gasteiger partial charge on any atom is -0.312 e. The standard InChI is InChI=1S/C8H9N5O2/c1-4-2-10-13-6(4)12-7(14)5-3-9-8(15)11-5/h2-3H,1H3,(H2,9,11,15)(H2,10,12,13,14). The number of anilines is 1. The van der Waals surface area contributed by atoms with Crippen LogP contribution >= 0.6 is 0 Å². The van der Waals surface area contributed by atoms with Crippen LogP contribution in [0.2, 0.25) is 0 Å². The average Bonchev–Trinajstić information content (AvgIpc) is 2.77. The SMILES string of the molecule is Cc1cn[nH]c1NC(=O)c1c[nH]c(=O)[nH]1. The van der Waals surface area contributed by atoms with Crippen LogP contribution in [-0.4, -0.2) is 26.1 Å². The number of aryl methyl sites for hydroxylation is 1. The van der Waals surface area contributed by atoms with E-state index in [1.165, 1.54) is 6.20 Å². The molecule has 15 heavy (non-hydrogen) atoms. The quantitative estimate of drug-likeness (QED) is 0.556. The Morgan fingerprint density at radius 2 is 2.33 bits per heavy atom. The van der Waals surface area contributed by atoms with Gasteiger partial charge in [-0.05, 0) is 6.92 Å². The molecule has 0 saturated heterocycles. The number of nitrogens with one attached hydrogen (secondary N) is 4. The molecule has 7 heteroatoms. The number of nitrogens with zero attached hydrogens (tertiary/aromatic N) is 1. The lowest BCUT2D eigenvalue weighted by atomic mass is 10.3. The highest BCUT2D eigenvalue weighted by atomic mass is 16.2. The number of hydrogen-bond donors (Lipinski definition) is 4. The lowest BCUT2D eigenvalue weighted by molar-refractivity contribution is 0.102. The van der Waals surface area contributed by atoms with Gasteiger partial charge in [0.25, 0.3) is 5.91 Å². The Balaban J connectivity index is 2.17. The zero-order chi connectivity index (χ0) is 10.8. The van der Waals surface area contributed by atoms with Crippen molar-refractivity contribution in [2.75, 3.05) is 5.32 Å². The second-order valence-corrected chi connectivity index (χ2v) is 3.04. The van der Waals surface area contributed by atoms with Crippen LogP contribution in [0.5, 0.6) is 0 Å². The second-order valence-electron chi connectivity index (χ2n) is 3.04. The molecule has 0 radical (unpaired) electrons. The molecule has 0 unspecified atom stereocenters. The van der Waals surface area contributed by atoms with Crippen LogP contribution in [0.25, 0.3) is 0 Å². The number of rotatable bonds is 2. The summed E-state index contributed by atoms with van der Waals surface area (Å²) >= 11 is 0. The Hall–Kier alpha value is -2.31. The molecule has 0 bridgehead atoms. The summed E-state index contributed by atoms with van der Waals surface area (Å²) in [6, 6.07) is 0. The van der Waals surface area contributed by atoms with Gasteiger partial charge in [0.1, 0.15) is 11.5 Å². The van der Waals surface area contributed by atoms with E-state index in [1.54, 1.807) is 13.1 Å². The summed E-state index contributed by atoms with van der Waals surface area (Å²) in [6.45, 7) is 1.80. The fourth-order valence-electron chi connectivity index (χ4n) is 1.11. The molecule has 2 aromatic rings. The minimum atomic E-state index is -0.415. The molecule has 78 valence electrons. The van der Waals surface area contributed by atoms with Gasteiger partial charge in [0, 0.05) is 11.8 Å². The highest BCUT2D eigenvalue weighted by Crippen LogP contribution is 2.09. The highest BCUT2D eigenvalue weighted by Gasteiger charge is 2.10. The average molecular weight is 207 g/mol.